The molecule has 0 bridgehead atoms. The van der Waals surface area contributed by atoms with E-state index in [1.54, 1.807) is 11.8 Å². The maximum Gasteiger partial charge on any atom is 0.233 e. The fraction of sp³-hybridized carbons (Fsp3) is 0.381. The van der Waals surface area contributed by atoms with Gasteiger partial charge in [0.15, 0.2) is 0 Å². The Morgan fingerprint density at radius 1 is 1.12 bits per heavy atom. The van der Waals surface area contributed by atoms with Gasteiger partial charge in [0.25, 0.3) is 0 Å². The second kappa shape index (κ2) is 9.33. The van der Waals surface area contributed by atoms with Gasteiger partial charge in [-0.05, 0) is 61.2 Å². The van der Waals surface area contributed by atoms with Crippen LogP contribution in [-0.2, 0) is 11.3 Å². The van der Waals surface area contributed by atoms with Crippen LogP contribution in [0.2, 0.25) is 5.02 Å². The minimum atomic E-state index is -0.0972. The number of anilines is 1. The highest BCUT2D eigenvalue weighted by molar-refractivity contribution is 8.00. The molecule has 1 saturated heterocycles. The molecule has 1 atom stereocenters. The van der Waals surface area contributed by atoms with Crippen LogP contribution in [0.25, 0.3) is 0 Å². The molecule has 0 spiro atoms. The van der Waals surface area contributed by atoms with Gasteiger partial charge in [0.2, 0.25) is 5.91 Å². The van der Waals surface area contributed by atoms with E-state index in [0.29, 0.717) is 11.6 Å². The van der Waals surface area contributed by atoms with E-state index in [0.717, 1.165) is 30.0 Å². The molecule has 2 aromatic carbocycles. The first-order chi connectivity index (χ1) is 12.7. The Morgan fingerprint density at radius 2 is 1.77 bits per heavy atom. The zero-order chi connectivity index (χ0) is 18.4. The van der Waals surface area contributed by atoms with Gasteiger partial charge in [0.05, 0.1) is 5.25 Å². The van der Waals surface area contributed by atoms with Crippen molar-refractivity contribution in [2.24, 2.45) is 0 Å². The summed E-state index contributed by atoms with van der Waals surface area (Å²) in [5.41, 5.74) is 2.41. The normalized spacial score (nSPS) is 15.1. The van der Waals surface area contributed by atoms with Crippen molar-refractivity contribution in [2.45, 2.75) is 42.9 Å². The number of amides is 1. The monoisotopic (exact) mass is 388 g/mol. The topological polar surface area (TPSA) is 32.3 Å². The van der Waals surface area contributed by atoms with Crippen LogP contribution in [0.5, 0.6) is 0 Å². The molecule has 1 aliphatic rings. The van der Waals surface area contributed by atoms with E-state index in [9.17, 15) is 4.79 Å². The van der Waals surface area contributed by atoms with E-state index in [4.69, 9.17) is 11.6 Å². The van der Waals surface area contributed by atoms with Crippen molar-refractivity contribution in [1.82, 2.24) is 5.32 Å². The Morgan fingerprint density at radius 3 is 2.38 bits per heavy atom. The largest absolute Gasteiger partial charge is 0.372 e. The number of nitrogens with zero attached hydrogens (tertiary/aromatic N) is 1. The number of halogens is 1. The van der Waals surface area contributed by atoms with Crippen LogP contribution in [0.1, 0.15) is 31.7 Å². The van der Waals surface area contributed by atoms with Crippen molar-refractivity contribution >= 4 is 35.0 Å². The zero-order valence-corrected chi connectivity index (χ0v) is 16.7. The van der Waals surface area contributed by atoms with Gasteiger partial charge in [0.1, 0.15) is 0 Å². The summed E-state index contributed by atoms with van der Waals surface area (Å²) in [5, 5.41) is 3.69. The van der Waals surface area contributed by atoms with Gasteiger partial charge in [-0.3, -0.25) is 4.79 Å². The predicted octanol–water partition coefficient (Wildman–Crippen LogP) is 5.13. The smallest absolute Gasteiger partial charge is 0.233 e. The Bertz CT molecular complexity index is 712. The number of carbonyl (C=O) groups is 1. The van der Waals surface area contributed by atoms with E-state index in [1.807, 2.05) is 31.2 Å². The highest BCUT2D eigenvalue weighted by Crippen LogP contribution is 2.27. The molecule has 1 aliphatic heterocycles. The highest BCUT2D eigenvalue weighted by atomic mass is 35.5. The van der Waals surface area contributed by atoms with Gasteiger partial charge in [0, 0.05) is 35.2 Å². The van der Waals surface area contributed by atoms with Gasteiger partial charge in [-0.1, -0.05) is 30.7 Å². The number of nitrogens with one attached hydrogen (secondary N) is 1. The predicted molar refractivity (Wildman–Crippen MR) is 111 cm³/mol. The maximum absolute atomic E-state index is 12.5. The Balaban J connectivity index is 1.52. The summed E-state index contributed by atoms with van der Waals surface area (Å²) in [7, 11) is 0. The third kappa shape index (κ3) is 5.18. The molecule has 0 aromatic heterocycles. The first-order valence-electron chi connectivity index (χ1n) is 9.19. The molecule has 0 unspecified atom stereocenters. The van der Waals surface area contributed by atoms with Crippen molar-refractivity contribution in [3.05, 3.63) is 59.1 Å². The average Bonchev–Trinajstić information content (AvgIpc) is 3.21. The number of thioether (sulfide) groups is 1. The molecule has 3 rings (SSSR count). The number of carbonyl (C=O) groups excluding carboxylic acids is 1. The average molecular weight is 389 g/mol. The minimum absolute atomic E-state index is 0.0797. The third-order valence-electron chi connectivity index (χ3n) is 4.63. The molecule has 138 valence electrons. The van der Waals surface area contributed by atoms with Crippen LogP contribution >= 0.6 is 23.4 Å². The van der Waals surface area contributed by atoms with E-state index < -0.39 is 0 Å². The van der Waals surface area contributed by atoms with Crippen molar-refractivity contribution in [2.75, 3.05) is 18.0 Å². The molecule has 1 N–H and O–H groups in total. The van der Waals surface area contributed by atoms with Crippen molar-refractivity contribution < 1.29 is 4.79 Å². The summed E-state index contributed by atoms with van der Waals surface area (Å²) in [6, 6.07) is 16.2. The number of rotatable bonds is 7. The Labute approximate surface area is 165 Å². The lowest BCUT2D eigenvalue weighted by atomic mass is 10.2. The molecule has 1 fully saturated rings. The van der Waals surface area contributed by atoms with Crippen LogP contribution in [0.4, 0.5) is 5.69 Å². The lowest BCUT2D eigenvalue weighted by molar-refractivity contribution is -0.120. The summed E-state index contributed by atoms with van der Waals surface area (Å²) in [5.74, 6) is 0.0797. The van der Waals surface area contributed by atoms with E-state index in [1.165, 1.54) is 18.5 Å². The van der Waals surface area contributed by atoms with Crippen LogP contribution in [-0.4, -0.2) is 24.2 Å². The second-order valence-electron chi connectivity index (χ2n) is 6.55. The quantitative estimate of drug-likeness (QED) is 0.667. The molecule has 2 aromatic rings. The van der Waals surface area contributed by atoms with Gasteiger partial charge in [-0.25, -0.2) is 0 Å². The van der Waals surface area contributed by atoms with Gasteiger partial charge < -0.3 is 10.2 Å². The molecule has 0 radical (unpaired) electrons. The Kier molecular flexibility index (Phi) is 6.86. The van der Waals surface area contributed by atoms with E-state index in [-0.39, 0.29) is 11.2 Å². The number of benzene rings is 2. The lowest BCUT2D eigenvalue weighted by Crippen LogP contribution is -2.31. The fourth-order valence-electron chi connectivity index (χ4n) is 3.10. The summed E-state index contributed by atoms with van der Waals surface area (Å²) in [4.78, 5) is 16.0. The molecule has 26 heavy (non-hydrogen) atoms. The molecule has 0 aliphatic carbocycles. The van der Waals surface area contributed by atoms with E-state index >= 15 is 0 Å². The summed E-state index contributed by atoms with van der Waals surface area (Å²) in [6.07, 6.45) is 3.34. The molecule has 3 nitrogen and oxygen atoms in total. The Hall–Kier alpha value is -1.65. The lowest BCUT2D eigenvalue weighted by Gasteiger charge is -2.18. The summed E-state index contributed by atoms with van der Waals surface area (Å²) in [6.45, 7) is 4.90. The highest BCUT2D eigenvalue weighted by Gasteiger charge is 2.18. The minimum Gasteiger partial charge on any atom is -0.372 e. The van der Waals surface area contributed by atoms with Crippen LogP contribution in [0.15, 0.2) is 53.4 Å². The third-order valence-corrected chi connectivity index (χ3v) is 6.26. The van der Waals surface area contributed by atoms with Crippen LogP contribution in [0.3, 0.4) is 0 Å². The zero-order valence-electron chi connectivity index (χ0n) is 15.1. The summed E-state index contributed by atoms with van der Waals surface area (Å²) >= 11 is 7.51. The maximum atomic E-state index is 12.5. The van der Waals surface area contributed by atoms with Gasteiger partial charge >= 0.3 is 0 Å². The second-order valence-corrected chi connectivity index (χ2v) is 8.26. The van der Waals surface area contributed by atoms with Crippen LogP contribution < -0.4 is 10.2 Å². The molecular weight excluding hydrogens is 364 g/mol. The first-order valence-corrected chi connectivity index (χ1v) is 10.5. The number of hydrogen-bond acceptors (Lipinski definition) is 3. The molecule has 1 heterocycles. The number of hydrogen-bond donors (Lipinski definition) is 1. The summed E-state index contributed by atoms with van der Waals surface area (Å²) < 4.78 is 0. The fourth-order valence-corrected chi connectivity index (χ4v) is 4.21. The van der Waals surface area contributed by atoms with Crippen molar-refractivity contribution in [3.63, 3.8) is 0 Å². The molecular formula is C21H25ClN2OS. The van der Waals surface area contributed by atoms with Gasteiger partial charge in [-0.15, -0.1) is 11.8 Å². The standard InChI is InChI=1S/C21H25ClN2OS/c1-2-20(26-19-11-7-17(22)8-12-19)21(25)23-15-16-5-9-18(10-6-16)24-13-3-4-14-24/h5-12,20H,2-4,13-15H2,1H3,(H,23,25)/t20-/m0/s1. The molecule has 0 saturated carbocycles. The molecule has 1 amide bonds. The molecule has 5 heteroatoms. The first kappa shape index (κ1) is 19.1. The van der Waals surface area contributed by atoms with E-state index in [2.05, 4.69) is 34.5 Å². The van der Waals surface area contributed by atoms with Crippen molar-refractivity contribution in [1.29, 1.82) is 0 Å². The van der Waals surface area contributed by atoms with Gasteiger partial charge in [-0.2, -0.15) is 0 Å². The van der Waals surface area contributed by atoms with Crippen LogP contribution in [0, 0.1) is 0 Å². The van der Waals surface area contributed by atoms with Crippen molar-refractivity contribution in [3.8, 4) is 0 Å². The SMILES string of the molecule is CC[C@H](Sc1ccc(Cl)cc1)C(=O)NCc1ccc(N2CCCC2)cc1.